The number of carbonyl (C=O) groups excluding carboxylic acids is 1. The molecule has 1 aromatic carbocycles. The molecule has 1 fully saturated rings. The normalized spacial score (nSPS) is 15.5. The van der Waals surface area contributed by atoms with Crippen LogP contribution in [0, 0.1) is 0 Å². The molecule has 5 heteroatoms. The maximum Gasteiger partial charge on any atom is 0.410 e. The third-order valence-electron chi connectivity index (χ3n) is 3.46. The predicted molar refractivity (Wildman–Crippen MR) is 85.6 cm³/mol. The number of benzene rings is 1. The average molecular weight is 306 g/mol. The first-order valence-corrected chi connectivity index (χ1v) is 7.65. The molecular formula is C17H26N2O3. The Bertz CT molecular complexity index is 488. The first-order valence-electron chi connectivity index (χ1n) is 7.65. The molecule has 0 unspecified atom stereocenters. The molecule has 0 spiro atoms. The van der Waals surface area contributed by atoms with E-state index in [1.54, 1.807) is 12.0 Å². The number of rotatable bonds is 5. The molecular weight excluding hydrogens is 280 g/mol. The molecule has 122 valence electrons. The van der Waals surface area contributed by atoms with Gasteiger partial charge in [0.25, 0.3) is 0 Å². The quantitative estimate of drug-likeness (QED) is 0.908. The van der Waals surface area contributed by atoms with Gasteiger partial charge in [-0.25, -0.2) is 4.79 Å². The number of amides is 1. The molecule has 0 bridgehead atoms. The van der Waals surface area contributed by atoms with Gasteiger partial charge in [-0.3, -0.25) is 0 Å². The highest BCUT2D eigenvalue weighted by molar-refractivity contribution is 5.69. The van der Waals surface area contributed by atoms with E-state index in [0.717, 1.165) is 6.54 Å². The smallest absolute Gasteiger partial charge is 0.410 e. The van der Waals surface area contributed by atoms with Gasteiger partial charge in [0.1, 0.15) is 5.60 Å². The van der Waals surface area contributed by atoms with E-state index >= 15 is 0 Å². The third kappa shape index (κ3) is 5.00. The fourth-order valence-corrected chi connectivity index (χ4v) is 2.27. The molecule has 1 aliphatic rings. The van der Waals surface area contributed by atoms with Crippen molar-refractivity contribution in [1.29, 1.82) is 0 Å². The number of nitrogens with one attached hydrogen (secondary N) is 1. The summed E-state index contributed by atoms with van der Waals surface area (Å²) in [6.45, 7) is 8.50. The van der Waals surface area contributed by atoms with Crippen molar-refractivity contribution in [2.45, 2.75) is 45.6 Å². The van der Waals surface area contributed by atoms with E-state index in [4.69, 9.17) is 9.47 Å². The summed E-state index contributed by atoms with van der Waals surface area (Å²) < 4.78 is 10.4. The standard InChI is InChI=1S/C17H26N2O3/c1-17(2,3)22-16(20)19-10-15(11-19)18-9-13-5-7-14(8-6-13)12-21-4/h5-8,15,18H,9-12H2,1-4H3. The van der Waals surface area contributed by atoms with Crippen LogP contribution in [-0.4, -0.2) is 42.8 Å². The number of ether oxygens (including phenoxy) is 2. The summed E-state index contributed by atoms with van der Waals surface area (Å²) in [5, 5.41) is 3.45. The SMILES string of the molecule is COCc1ccc(CNC2CN(C(=O)OC(C)(C)C)C2)cc1. The summed E-state index contributed by atoms with van der Waals surface area (Å²) >= 11 is 0. The number of hydrogen-bond donors (Lipinski definition) is 1. The van der Waals surface area contributed by atoms with Crippen molar-refractivity contribution < 1.29 is 14.3 Å². The van der Waals surface area contributed by atoms with Crippen LogP contribution in [0.2, 0.25) is 0 Å². The molecule has 5 nitrogen and oxygen atoms in total. The van der Waals surface area contributed by atoms with Crippen LogP contribution in [0.3, 0.4) is 0 Å². The predicted octanol–water partition coefficient (Wildman–Crippen LogP) is 2.54. The zero-order chi connectivity index (χ0) is 16.2. The Morgan fingerprint density at radius 1 is 1.23 bits per heavy atom. The summed E-state index contributed by atoms with van der Waals surface area (Å²) in [6.07, 6.45) is -0.227. The minimum absolute atomic E-state index is 0.227. The van der Waals surface area contributed by atoms with Gasteiger partial charge in [0.2, 0.25) is 0 Å². The molecule has 1 aromatic rings. The first kappa shape index (κ1) is 16.8. The van der Waals surface area contributed by atoms with Crippen molar-refractivity contribution in [3.05, 3.63) is 35.4 Å². The van der Waals surface area contributed by atoms with Crippen LogP contribution in [-0.2, 0) is 22.6 Å². The van der Waals surface area contributed by atoms with Gasteiger partial charge < -0.3 is 19.7 Å². The number of carbonyl (C=O) groups is 1. The second-order valence-corrected chi connectivity index (χ2v) is 6.71. The lowest BCUT2D eigenvalue weighted by molar-refractivity contribution is 0.00519. The molecule has 0 aliphatic carbocycles. The van der Waals surface area contributed by atoms with Gasteiger partial charge in [-0.2, -0.15) is 0 Å². The van der Waals surface area contributed by atoms with E-state index in [0.29, 0.717) is 25.7 Å². The van der Waals surface area contributed by atoms with Crippen LogP contribution in [0.15, 0.2) is 24.3 Å². The minimum Gasteiger partial charge on any atom is -0.444 e. The van der Waals surface area contributed by atoms with Crippen LogP contribution < -0.4 is 5.32 Å². The van der Waals surface area contributed by atoms with Crippen LogP contribution >= 0.6 is 0 Å². The van der Waals surface area contributed by atoms with Crippen molar-refractivity contribution in [3.8, 4) is 0 Å². The Hall–Kier alpha value is -1.59. The molecule has 22 heavy (non-hydrogen) atoms. The Kier molecular flexibility index (Phi) is 5.42. The van der Waals surface area contributed by atoms with Crippen molar-refractivity contribution >= 4 is 6.09 Å². The molecule has 0 radical (unpaired) electrons. The third-order valence-corrected chi connectivity index (χ3v) is 3.46. The number of methoxy groups -OCH3 is 1. The summed E-state index contributed by atoms with van der Waals surface area (Å²) in [5.74, 6) is 0. The molecule has 0 aromatic heterocycles. The molecule has 2 rings (SSSR count). The molecule has 1 heterocycles. The zero-order valence-electron chi connectivity index (χ0n) is 13.9. The van der Waals surface area contributed by atoms with Crippen LogP contribution in [0.25, 0.3) is 0 Å². The maximum atomic E-state index is 11.8. The highest BCUT2D eigenvalue weighted by atomic mass is 16.6. The van der Waals surface area contributed by atoms with Gasteiger partial charge in [-0.1, -0.05) is 24.3 Å². The van der Waals surface area contributed by atoms with E-state index in [9.17, 15) is 4.79 Å². The Balaban J connectivity index is 1.69. The molecule has 1 saturated heterocycles. The van der Waals surface area contributed by atoms with Crippen LogP contribution in [0.4, 0.5) is 4.79 Å². The zero-order valence-corrected chi connectivity index (χ0v) is 13.9. The number of nitrogens with zero attached hydrogens (tertiary/aromatic N) is 1. The highest BCUT2D eigenvalue weighted by Gasteiger charge is 2.33. The van der Waals surface area contributed by atoms with Crippen LogP contribution in [0.5, 0.6) is 0 Å². The number of likely N-dealkylation sites (tertiary alicyclic amines) is 1. The minimum atomic E-state index is -0.431. The topological polar surface area (TPSA) is 50.8 Å². The van der Waals surface area contributed by atoms with E-state index in [-0.39, 0.29) is 6.09 Å². The first-order chi connectivity index (χ1) is 10.4. The summed E-state index contributed by atoms with van der Waals surface area (Å²) in [5.41, 5.74) is 1.97. The number of hydrogen-bond acceptors (Lipinski definition) is 4. The van der Waals surface area contributed by atoms with Crippen molar-refractivity contribution in [1.82, 2.24) is 10.2 Å². The summed E-state index contributed by atoms with van der Waals surface area (Å²) in [6, 6.07) is 8.70. The molecule has 1 N–H and O–H groups in total. The lowest BCUT2D eigenvalue weighted by Gasteiger charge is -2.40. The van der Waals surface area contributed by atoms with Gasteiger partial charge in [-0.05, 0) is 31.9 Å². The average Bonchev–Trinajstić information content (AvgIpc) is 2.37. The molecule has 1 amide bonds. The second-order valence-electron chi connectivity index (χ2n) is 6.71. The van der Waals surface area contributed by atoms with Gasteiger partial charge in [0.05, 0.1) is 6.61 Å². The Morgan fingerprint density at radius 2 is 1.82 bits per heavy atom. The monoisotopic (exact) mass is 306 g/mol. The van der Waals surface area contributed by atoms with E-state index < -0.39 is 5.60 Å². The van der Waals surface area contributed by atoms with Crippen molar-refractivity contribution in [2.75, 3.05) is 20.2 Å². The van der Waals surface area contributed by atoms with E-state index in [2.05, 4.69) is 29.6 Å². The van der Waals surface area contributed by atoms with Crippen molar-refractivity contribution in [2.24, 2.45) is 0 Å². The summed E-state index contributed by atoms with van der Waals surface area (Å²) in [4.78, 5) is 13.6. The van der Waals surface area contributed by atoms with Gasteiger partial charge in [0.15, 0.2) is 0 Å². The Labute approximate surface area is 132 Å². The molecule has 1 aliphatic heterocycles. The van der Waals surface area contributed by atoms with Crippen molar-refractivity contribution in [3.63, 3.8) is 0 Å². The van der Waals surface area contributed by atoms with Gasteiger partial charge in [0, 0.05) is 32.8 Å². The van der Waals surface area contributed by atoms with Gasteiger partial charge >= 0.3 is 6.09 Å². The Morgan fingerprint density at radius 3 is 2.36 bits per heavy atom. The fraction of sp³-hybridized carbons (Fsp3) is 0.588. The van der Waals surface area contributed by atoms with E-state index in [1.807, 2.05) is 20.8 Å². The van der Waals surface area contributed by atoms with Crippen LogP contribution in [0.1, 0.15) is 31.9 Å². The molecule has 0 saturated carbocycles. The summed E-state index contributed by atoms with van der Waals surface area (Å²) in [7, 11) is 1.70. The lowest BCUT2D eigenvalue weighted by atomic mass is 10.1. The maximum absolute atomic E-state index is 11.8. The van der Waals surface area contributed by atoms with E-state index in [1.165, 1.54) is 11.1 Å². The fourth-order valence-electron chi connectivity index (χ4n) is 2.27. The largest absolute Gasteiger partial charge is 0.444 e. The lowest BCUT2D eigenvalue weighted by Crippen LogP contribution is -2.60. The van der Waals surface area contributed by atoms with Gasteiger partial charge in [-0.15, -0.1) is 0 Å². The molecule has 0 atom stereocenters. The second kappa shape index (κ2) is 7.11. The highest BCUT2D eigenvalue weighted by Crippen LogP contribution is 2.15.